The van der Waals surface area contributed by atoms with Crippen molar-refractivity contribution in [3.05, 3.63) is 28.5 Å². The molecule has 0 saturated carbocycles. The highest BCUT2D eigenvalue weighted by molar-refractivity contribution is 6.31. The lowest BCUT2D eigenvalue weighted by atomic mass is 10.2. The van der Waals surface area contributed by atoms with Gasteiger partial charge in [0.1, 0.15) is 5.71 Å². The predicted octanol–water partition coefficient (Wildman–Crippen LogP) is 2.24. The van der Waals surface area contributed by atoms with Gasteiger partial charge >= 0.3 is 0 Å². The van der Waals surface area contributed by atoms with Crippen LogP contribution >= 0.6 is 11.6 Å². The summed E-state index contributed by atoms with van der Waals surface area (Å²) in [6, 6.07) is 3.40. The van der Waals surface area contributed by atoms with Crippen molar-refractivity contribution >= 4 is 17.3 Å². The molecule has 0 saturated heterocycles. The molecule has 1 rings (SSSR count). The fourth-order valence-corrected chi connectivity index (χ4v) is 1.12. The monoisotopic (exact) mass is 184 g/mol. The van der Waals surface area contributed by atoms with Crippen LogP contribution in [0.15, 0.2) is 17.3 Å². The van der Waals surface area contributed by atoms with Crippen molar-refractivity contribution in [2.45, 2.75) is 13.8 Å². The molecule has 0 spiro atoms. The summed E-state index contributed by atoms with van der Waals surface area (Å²) in [6.07, 6.45) is 0. The average molecular weight is 185 g/mol. The number of pyridine rings is 1. The first kappa shape index (κ1) is 9.00. The third-order valence-corrected chi connectivity index (χ3v) is 1.66. The molecule has 1 N–H and O–H groups in total. The van der Waals surface area contributed by atoms with Gasteiger partial charge in [0.25, 0.3) is 0 Å². The van der Waals surface area contributed by atoms with Gasteiger partial charge in [0.05, 0.1) is 5.69 Å². The summed E-state index contributed by atoms with van der Waals surface area (Å²) in [4.78, 5) is 4.13. The number of halogens is 1. The zero-order valence-electron chi connectivity index (χ0n) is 6.87. The van der Waals surface area contributed by atoms with Crippen LogP contribution in [-0.2, 0) is 0 Å². The van der Waals surface area contributed by atoms with Gasteiger partial charge in [-0.05, 0) is 26.0 Å². The van der Waals surface area contributed by atoms with Crippen LogP contribution in [0.1, 0.15) is 18.3 Å². The summed E-state index contributed by atoms with van der Waals surface area (Å²) in [6.45, 7) is 3.50. The molecule has 64 valence electrons. The summed E-state index contributed by atoms with van der Waals surface area (Å²) >= 11 is 5.77. The van der Waals surface area contributed by atoms with Crippen LogP contribution in [0.2, 0.25) is 5.02 Å². The van der Waals surface area contributed by atoms with E-state index in [0.717, 1.165) is 5.69 Å². The maximum Gasteiger partial charge on any atom is 0.102 e. The summed E-state index contributed by atoms with van der Waals surface area (Å²) in [7, 11) is 0. The van der Waals surface area contributed by atoms with E-state index >= 15 is 0 Å². The van der Waals surface area contributed by atoms with Gasteiger partial charge in [0.15, 0.2) is 0 Å². The molecule has 1 aromatic rings. The standard InChI is InChI=1S/C8H9ClN2O/c1-5-3-7(9)4-8(10-5)6(2)11-12/h3-4,12H,1-2H3/b11-6-. The highest BCUT2D eigenvalue weighted by Crippen LogP contribution is 2.11. The zero-order valence-corrected chi connectivity index (χ0v) is 7.63. The van der Waals surface area contributed by atoms with Crippen LogP contribution in [0.5, 0.6) is 0 Å². The van der Waals surface area contributed by atoms with Gasteiger partial charge in [-0.2, -0.15) is 0 Å². The third kappa shape index (κ3) is 1.95. The molecule has 4 heteroatoms. The average Bonchev–Trinajstić information content (AvgIpc) is 2.01. The Balaban J connectivity index is 3.17. The van der Waals surface area contributed by atoms with Crippen molar-refractivity contribution in [2.75, 3.05) is 0 Å². The normalized spacial score (nSPS) is 11.8. The fourth-order valence-electron chi connectivity index (χ4n) is 0.863. The lowest BCUT2D eigenvalue weighted by Crippen LogP contribution is -1.99. The molecule has 0 aliphatic rings. The van der Waals surface area contributed by atoms with E-state index in [2.05, 4.69) is 10.1 Å². The Bertz CT molecular complexity index is 303. The molecule has 0 aliphatic heterocycles. The van der Waals surface area contributed by atoms with Gasteiger partial charge in [0.2, 0.25) is 0 Å². The van der Waals surface area contributed by atoms with Crippen molar-refractivity contribution < 1.29 is 5.21 Å². The summed E-state index contributed by atoms with van der Waals surface area (Å²) in [5.41, 5.74) is 1.86. The van der Waals surface area contributed by atoms with Crippen LogP contribution < -0.4 is 0 Å². The predicted molar refractivity (Wildman–Crippen MR) is 48.0 cm³/mol. The number of hydrogen-bond donors (Lipinski definition) is 1. The van der Waals surface area contributed by atoms with E-state index in [1.807, 2.05) is 6.92 Å². The molecule has 0 bridgehead atoms. The Labute approximate surface area is 75.7 Å². The van der Waals surface area contributed by atoms with Gasteiger partial charge in [-0.25, -0.2) is 0 Å². The molecule has 0 unspecified atom stereocenters. The fraction of sp³-hybridized carbons (Fsp3) is 0.250. The van der Waals surface area contributed by atoms with Crippen LogP contribution in [-0.4, -0.2) is 15.9 Å². The molecule has 0 aliphatic carbocycles. The lowest BCUT2D eigenvalue weighted by molar-refractivity contribution is 0.319. The second kappa shape index (κ2) is 3.54. The van der Waals surface area contributed by atoms with E-state index in [9.17, 15) is 0 Å². The molecule has 0 aromatic carbocycles. The topological polar surface area (TPSA) is 45.5 Å². The third-order valence-electron chi connectivity index (χ3n) is 1.44. The van der Waals surface area contributed by atoms with Gasteiger partial charge in [-0.15, -0.1) is 0 Å². The zero-order chi connectivity index (χ0) is 9.14. The van der Waals surface area contributed by atoms with Crippen molar-refractivity contribution in [2.24, 2.45) is 5.16 Å². The molecule has 1 aromatic heterocycles. The molecule has 0 fully saturated rings. The van der Waals surface area contributed by atoms with Crippen molar-refractivity contribution in [3.8, 4) is 0 Å². The second-order valence-corrected chi connectivity index (χ2v) is 2.93. The number of hydrogen-bond acceptors (Lipinski definition) is 3. The first-order chi connectivity index (χ1) is 5.63. The first-order valence-electron chi connectivity index (χ1n) is 3.46. The maximum absolute atomic E-state index is 8.47. The number of aromatic nitrogens is 1. The molecule has 3 nitrogen and oxygen atoms in total. The quantitative estimate of drug-likeness (QED) is 0.413. The molecule has 12 heavy (non-hydrogen) atoms. The van der Waals surface area contributed by atoms with Crippen molar-refractivity contribution in [1.82, 2.24) is 4.98 Å². The van der Waals surface area contributed by atoms with Gasteiger partial charge in [-0.3, -0.25) is 4.98 Å². The molecule has 0 amide bonds. The Hall–Kier alpha value is -1.09. The SMILES string of the molecule is C/C(=N/O)c1cc(Cl)cc(C)n1. The Morgan fingerprint density at radius 1 is 1.58 bits per heavy atom. The van der Waals surface area contributed by atoms with E-state index in [4.69, 9.17) is 16.8 Å². The van der Waals surface area contributed by atoms with E-state index in [1.54, 1.807) is 19.1 Å². The molecular formula is C8H9ClN2O. The number of aryl methyl sites for hydroxylation is 1. The summed E-state index contributed by atoms with van der Waals surface area (Å²) < 4.78 is 0. The largest absolute Gasteiger partial charge is 0.411 e. The maximum atomic E-state index is 8.47. The number of nitrogens with zero attached hydrogens (tertiary/aromatic N) is 2. The van der Waals surface area contributed by atoms with Gasteiger partial charge in [0, 0.05) is 10.7 Å². The molecule has 0 atom stereocenters. The highest BCUT2D eigenvalue weighted by atomic mass is 35.5. The Kier molecular flexibility index (Phi) is 2.65. The van der Waals surface area contributed by atoms with E-state index < -0.39 is 0 Å². The Morgan fingerprint density at radius 2 is 2.25 bits per heavy atom. The minimum absolute atomic E-state index is 0.459. The van der Waals surface area contributed by atoms with E-state index in [1.165, 1.54) is 0 Å². The number of rotatable bonds is 1. The van der Waals surface area contributed by atoms with Crippen molar-refractivity contribution in [1.29, 1.82) is 0 Å². The molecule has 0 radical (unpaired) electrons. The van der Waals surface area contributed by atoms with Gasteiger partial charge < -0.3 is 5.21 Å². The van der Waals surface area contributed by atoms with Crippen LogP contribution in [0, 0.1) is 6.92 Å². The van der Waals surface area contributed by atoms with E-state index in [0.29, 0.717) is 16.4 Å². The van der Waals surface area contributed by atoms with Crippen LogP contribution in [0.25, 0.3) is 0 Å². The minimum Gasteiger partial charge on any atom is -0.411 e. The van der Waals surface area contributed by atoms with E-state index in [-0.39, 0.29) is 0 Å². The second-order valence-electron chi connectivity index (χ2n) is 2.50. The Morgan fingerprint density at radius 3 is 2.75 bits per heavy atom. The minimum atomic E-state index is 0.459. The van der Waals surface area contributed by atoms with Crippen LogP contribution in [0.4, 0.5) is 0 Å². The highest BCUT2D eigenvalue weighted by Gasteiger charge is 2.01. The lowest BCUT2D eigenvalue weighted by Gasteiger charge is -1.99. The first-order valence-corrected chi connectivity index (χ1v) is 3.84. The molecule has 1 heterocycles. The summed E-state index contributed by atoms with van der Waals surface area (Å²) in [5.74, 6) is 0. The smallest absolute Gasteiger partial charge is 0.102 e. The van der Waals surface area contributed by atoms with Crippen LogP contribution in [0.3, 0.4) is 0 Å². The summed E-state index contributed by atoms with van der Waals surface area (Å²) in [5, 5.41) is 12.1. The number of oxime groups is 1. The van der Waals surface area contributed by atoms with Gasteiger partial charge in [-0.1, -0.05) is 16.8 Å². The van der Waals surface area contributed by atoms with Crippen molar-refractivity contribution in [3.63, 3.8) is 0 Å². The molecular weight excluding hydrogens is 176 g/mol.